The van der Waals surface area contributed by atoms with E-state index in [1.165, 1.54) is 35.2 Å². The van der Waals surface area contributed by atoms with Crippen molar-refractivity contribution in [2.75, 3.05) is 5.32 Å². The lowest BCUT2D eigenvalue weighted by Gasteiger charge is -2.20. The Morgan fingerprint density at radius 2 is 1.90 bits per heavy atom. The van der Waals surface area contributed by atoms with Gasteiger partial charge in [-0.3, -0.25) is 0 Å². The Labute approximate surface area is 169 Å². The van der Waals surface area contributed by atoms with Gasteiger partial charge in [-0.2, -0.15) is 9.61 Å². The van der Waals surface area contributed by atoms with Gasteiger partial charge in [-0.05, 0) is 50.3 Å². The van der Waals surface area contributed by atoms with Crippen LogP contribution in [0.2, 0.25) is 0 Å². The third-order valence-corrected chi connectivity index (χ3v) is 5.54. The van der Waals surface area contributed by atoms with Gasteiger partial charge in [0.15, 0.2) is 5.65 Å². The minimum atomic E-state index is -0.260. The van der Waals surface area contributed by atoms with Crippen molar-refractivity contribution in [3.63, 3.8) is 0 Å². The number of halogens is 1. The van der Waals surface area contributed by atoms with Crippen LogP contribution in [0.1, 0.15) is 35.2 Å². The van der Waals surface area contributed by atoms with Gasteiger partial charge in [-0.1, -0.05) is 42.0 Å². The van der Waals surface area contributed by atoms with Gasteiger partial charge >= 0.3 is 0 Å². The number of rotatable bonds is 4. The molecule has 0 saturated heterocycles. The van der Waals surface area contributed by atoms with E-state index in [-0.39, 0.29) is 5.82 Å². The minimum absolute atomic E-state index is 0.260. The lowest BCUT2D eigenvalue weighted by atomic mass is 9.96. The van der Waals surface area contributed by atoms with Gasteiger partial charge in [-0.15, -0.1) is 0 Å². The first kappa shape index (κ1) is 17.9. The van der Waals surface area contributed by atoms with Gasteiger partial charge < -0.3 is 5.32 Å². The van der Waals surface area contributed by atoms with Gasteiger partial charge in [-0.25, -0.2) is 9.37 Å². The molecule has 5 heteroatoms. The molecule has 0 saturated carbocycles. The number of nitrogens with one attached hydrogen (secondary N) is 1. The fourth-order valence-corrected chi connectivity index (χ4v) is 4.13. The van der Waals surface area contributed by atoms with E-state index in [1.807, 2.05) is 16.6 Å². The Morgan fingerprint density at radius 1 is 1.03 bits per heavy atom. The van der Waals surface area contributed by atoms with E-state index in [1.54, 1.807) is 6.07 Å². The lowest BCUT2D eigenvalue weighted by molar-refractivity contribution is 0.628. The van der Waals surface area contributed by atoms with Gasteiger partial charge in [0.1, 0.15) is 11.6 Å². The first-order valence-corrected chi connectivity index (χ1v) is 10.1. The molecular formula is C24H23FN4. The van der Waals surface area contributed by atoms with Crippen molar-refractivity contribution in [1.82, 2.24) is 14.6 Å². The van der Waals surface area contributed by atoms with E-state index in [0.717, 1.165) is 54.2 Å². The first-order chi connectivity index (χ1) is 14.2. The third kappa shape index (κ3) is 3.48. The maximum absolute atomic E-state index is 13.7. The summed E-state index contributed by atoms with van der Waals surface area (Å²) in [4.78, 5) is 4.88. The van der Waals surface area contributed by atoms with E-state index in [9.17, 15) is 4.39 Å². The normalized spacial score (nSPS) is 13.4. The van der Waals surface area contributed by atoms with Crippen molar-refractivity contribution < 1.29 is 4.39 Å². The predicted molar refractivity (Wildman–Crippen MR) is 114 cm³/mol. The molecular weight excluding hydrogens is 363 g/mol. The van der Waals surface area contributed by atoms with E-state index < -0.39 is 0 Å². The molecule has 0 bridgehead atoms. The van der Waals surface area contributed by atoms with Crippen LogP contribution in [0.25, 0.3) is 16.9 Å². The van der Waals surface area contributed by atoms with Crippen molar-refractivity contribution in [2.45, 2.75) is 39.2 Å². The summed E-state index contributed by atoms with van der Waals surface area (Å²) in [6, 6.07) is 17.0. The highest BCUT2D eigenvalue weighted by Crippen LogP contribution is 2.30. The zero-order valence-corrected chi connectivity index (χ0v) is 16.5. The summed E-state index contributed by atoms with van der Waals surface area (Å²) >= 11 is 0. The molecule has 0 amide bonds. The molecule has 4 aromatic rings. The molecule has 1 N–H and O–H groups in total. The zero-order valence-electron chi connectivity index (χ0n) is 16.5. The van der Waals surface area contributed by atoms with Crippen LogP contribution < -0.4 is 5.32 Å². The molecule has 1 aliphatic carbocycles. The second kappa shape index (κ2) is 7.32. The molecule has 2 aromatic heterocycles. The average Bonchev–Trinajstić information content (AvgIpc) is 3.15. The number of anilines is 1. The molecule has 0 unspecified atom stereocenters. The summed E-state index contributed by atoms with van der Waals surface area (Å²) in [7, 11) is 0. The van der Waals surface area contributed by atoms with Gasteiger partial charge in [0.2, 0.25) is 0 Å². The standard InChI is InChI=1S/C24H23FN4/c1-16-6-4-7-17(12-16)15-26-24-20-10-2-3-11-21(20)27-23-14-22(28-29(23)24)18-8-5-9-19(25)13-18/h4-9,12-14,26H,2-3,10-11,15H2,1H3. The molecule has 146 valence electrons. The lowest BCUT2D eigenvalue weighted by Crippen LogP contribution is -2.15. The molecule has 1 aliphatic rings. The number of benzene rings is 2. The van der Waals surface area contributed by atoms with Crippen LogP contribution >= 0.6 is 0 Å². The highest BCUT2D eigenvalue weighted by atomic mass is 19.1. The Balaban J connectivity index is 1.59. The SMILES string of the molecule is Cc1cccc(CNc2c3c(nc4cc(-c5cccc(F)c5)nn24)CCCC3)c1. The maximum atomic E-state index is 13.7. The van der Waals surface area contributed by atoms with Gasteiger partial charge in [0, 0.05) is 29.4 Å². The largest absolute Gasteiger partial charge is 0.366 e. The first-order valence-electron chi connectivity index (χ1n) is 10.1. The summed E-state index contributed by atoms with van der Waals surface area (Å²) in [5, 5.41) is 8.41. The Hall–Kier alpha value is -3.21. The fraction of sp³-hybridized carbons (Fsp3) is 0.250. The Kier molecular flexibility index (Phi) is 4.51. The molecule has 2 aromatic carbocycles. The number of hydrogen-bond donors (Lipinski definition) is 1. The number of hydrogen-bond acceptors (Lipinski definition) is 3. The van der Waals surface area contributed by atoms with E-state index in [2.05, 4.69) is 36.5 Å². The molecule has 0 aliphatic heterocycles. The van der Waals surface area contributed by atoms with Crippen LogP contribution in [-0.4, -0.2) is 14.6 Å². The quantitative estimate of drug-likeness (QED) is 0.515. The molecule has 0 spiro atoms. The minimum Gasteiger partial charge on any atom is -0.366 e. The second-order valence-corrected chi connectivity index (χ2v) is 7.75. The second-order valence-electron chi connectivity index (χ2n) is 7.75. The van der Waals surface area contributed by atoms with Gasteiger partial charge in [0.25, 0.3) is 0 Å². The molecule has 4 nitrogen and oxygen atoms in total. The molecule has 0 atom stereocenters. The van der Waals surface area contributed by atoms with Crippen molar-refractivity contribution in [3.8, 4) is 11.3 Å². The highest BCUT2D eigenvalue weighted by molar-refractivity contribution is 5.67. The average molecular weight is 386 g/mol. The fourth-order valence-electron chi connectivity index (χ4n) is 4.13. The molecule has 2 heterocycles. The topological polar surface area (TPSA) is 42.2 Å². The molecule has 0 radical (unpaired) electrons. The van der Waals surface area contributed by atoms with E-state index in [0.29, 0.717) is 0 Å². The van der Waals surface area contributed by atoms with Crippen molar-refractivity contribution in [3.05, 3.63) is 82.8 Å². The van der Waals surface area contributed by atoms with Gasteiger partial charge in [0.05, 0.1) is 5.69 Å². The van der Waals surface area contributed by atoms with Crippen LogP contribution in [0.4, 0.5) is 10.2 Å². The molecule has 0 fully saturated rings. The van der Waals surface area contributed by atoms with Crippen LogP contribution in [0.15, 0.2) is 54.6 Å². The van der Waals surface area contributed by atoms with Crippen LogP contribution in [0.3, 0.4) is 0 Å². The van der Waals surface area contributed by atoms with Crippen LogP contribution in [-0.2, 0) is 19.4 Å². The summed E-state index contributed by atoms with van der Waals surface area (Å²) in [6.07, 6.45) is 4.32. The molecule has 29 heavy (non-hydrogen) atoms. The summed E-state index contributed by atoms with van der Waals surface area (Å²) in [5.41, 5.74) is 7.19. The third-order valence-electron chi connectivity index (χ3n) is 5.54. The summed E-state index contributed by atoms with van der Waals surface area (Å²) in [5.74, 6) is 0.749. The summed E-state index contributed by atoms with van der Waals surface area (Å²) in [6.45, 7) is 2.83. The number of nitrogens with zero attached hydrogens (tertiary/aromatic N) is 3. The number of aryl methyl sites for hydroxylation is 2. The Bertz CT molecular complexity index is 1190. The van der Waals surface area contributed by atoms with E-state index >= 15 is 0 Å². The molecule has 5 rings (SSSR count). The monoisotopic (exact) mass is 386 g/mol. The Morgan fingerprint density at radius 3 is 2.76 bits per heavy atom. The van der Waals surface area contributed by atoms with Crippen molar-refractivity contribution >= 4 is 11.5 Å². The van der Waals surface area contributed by atoms with Crippen molar-refractivity contribution in [1.29, 1.82) is 0 Å². The van der Waals surface area contributed by atoms with E-state index in [4.69, 9.17) is 10.1 Å². The number of aromatic nitrogens is 3. The van der Waals surface area contributed by atoms with Crippen LogP contribution in [0, 0.1) is 12.7 Å². The van der Waals surface area contributed by atoms with Crippen molar-refractivity contribution in [2.24, 2.45) is 0 Å². The highest BCUT2D eigenvalue weighted by Gasteiger charge is 2.20. The maximum Gasteiger partial charge on any atom is 0.158 e. The smallest absolute Gasteiger partial charge is 0.158 e. The summed E-state index contributed by atoms with van der Waals surface area (Å²) < 4.78 is 15.6. The number of fused-ring (bicyclic) bond motifs is 2. The van der Waals surface area contributed by atoms with Crippen LogP contribution in [0.5, 0.6) is 0 Å². The zero-order chi connectivity index (χ0) is 19.8. The predicted octanol–water partition coefficient (Wildman–Crippen LogP) is 5.33.